The van der Waals surface area contributed by atoms with E-state index in [0.29, 0.717) is 33.7 Å². The molecule has 0 unspecified atom stereocenters. The summed E-state index contributed by atoms with van der Waals surface area (Å²) in [6, 6.07) is 13.5. The first-order valence-electron chi connectivity index (χ1n) is 9.97. The number of ether oxygens (including phenoxy) is 1. The Balaban J connectivity index is 1.70. The summed E-state index contributed by atoms with van der Waals surface area (Å²) in [4.78, 5) is 20.3. The van der Waals surface area contributed by atoms with E-state index in [2.05, 4.69) is 13.8 Å². The van der Waals surface area contributed by atoms with Gasteiger partial charge in [0.15, 0.2) is 5.16 Å². The van der Waals surface area contributed by atoms with E-state index in [4.69, 9.17) is 21.3 Å². The van der Waals surface area contributed by atoms with Gasteiger partial charge in [0.1, 0.15) is 10.6 Å². The van der Waals surface area contributed by atoms with Crippen molar-refractivity contribution in [1.82, 2.24) is 9.55 Å². The first kappa shape index (κ1) is 21.9. The third-order valence-electron chi connectivity index (χ3n) is 5.33. The van der Waals surface area contributed by atoms with Crippen LogP contribution in [0.15, 0.2) is 52.4 Å². The van der Waals surface area contributed by atoms with Crippen molar-refractivity contribution in [3.05, 3.63) is 79.4 Å². The average Bonchev–Trinajstić information content (AvgIpc) is 3.02. The highest BCUT2D eigenvalue weighted by Crippen LogP contribution is 2.30. The summed E-state index contributed by atoms with van der Waals surface area (Å²) < 4.78 is 7.54. The molecule has 0 bridgehead atoms. The molecule has 0 aliphatic rings. The summed E-state index contributed by atoms with van der Waals surface area (Å²) in [5, 5.41) is 1.96. The number of benzene rings is 2. The molecule has 4 rings (SSSR count). The second-order valence-electron chi connectivity index (χ2n) is 7.39. The Labute approximate surface area is 194 Å². The van der Waals surface area contributed by atoms with Crippen LogP contribution in [0.25, 0.3) is 15.9 Å². The Morgan fingerprint density at radius 3 is 2.61 bits per heavy atom. The van der Waals surface area contributed by atoms with Gasteiger partial charge in [-0.1, -0.05) is 41.6 Å². The molecular formula is C24H23ClN2O2S2. The van der Waals surface area contributed by atoms with Gasteiger partial charge in [0.2, 0.25) is 0 Å². The van der Waals surface area contributed by atoms with Gasteiger partial charge in [-0.2, -0.15) is 0 Å². The molecule has 0 fully saturated rings. The maximum Gasteiger partial charge on any atom is 0.267 e. The molecule has 7 heteroatoms. The van der Waals surface area contributed by atoms with Gasteiger partial charge in [-0.25, -0.2) is 4.98 Å². The van der Waals surface area contributed by atoms with Gasteiger partial charge < -0.3 is 4.74 Å². The van der Waals surface area contributed by atoms with Crippen LogP contribution in [0.4, 0.5) is 0 Å². The molecule has 2 aromatic carbocycles. The number of hydrogen-bond donors (Lipinski definition) is 0. The summed E-state index contributed by atoms with van der Waals surface area (Å²) in [5.74, 6) is 1.29. The maximum atomic E-state index is 13.5. The predicted molar refractivity (Wildman–Crippen MR) is 132 cm³/mol. The minimum Gasteiger partial charge on any atom is -0.491 e. The molecule has 0 atom stereocenters. The number of para-hydroxylation sites is 1. The smallest absolute Gasteiger partial charge is 0.267 e. The molecule has 0 spiro atoms. The lowest BCUT2D eigenvalue weighted by Gasteiger charge is -2.14. The van der Waals surface area contributed by atoms with Crippen LogP contribution in [0, 0.1) is 27.7 Å². The van der Waals surface area contributed by atoms with Crippen molar-refractivity contribution in [1.29, 1.82) is 0 Å². The zero-order valence-corrected chi connectivity index (χ0v) is 20.2. The molecule has 0 saturated carbocycles. The molecule has 2 heterocycles. The maximum absolute atomic E-state index is 13.5. The molecule has 0 amide bonds. The highest BCUT2D eigenvalue weighted by molar-refractivity contribution is 7.99. The van der Waals surface area contributed by atoms with Gasteiger partial charge in [0, 0.05) is 10.6 Å². The van der Waals surface area contributed by atoms with Crippen molar-refractivity contribution >= 4 is 44.9 Å². The third kappa shape index (κ3) is 4.38. The lowest BCUT2D eigenvalue weighted by molar-refractivity contribution is 0.344. The van der Waals surface area contributed by atoms with Crippen LogP contribution < -0.4 is 10.3 Å². The van der Waals surface area contributed by atoms with E-state index in [1.807, 2.05) is 50.2 Å². The van der Waals surface area contributed by atoms with Gasteiger partial charge >= 0.3 is 0 Å². The molecule has 0 aliphatic carbocycles. The van der Waals surface area contributed by atoms with E-state index in [1.165, 1.54) is 17.3 Å². The molecule has 0 saturated heterocycles. The van der Waals surface area contributed by atoms with Crippen molar-refractivity contribution in [2.24, 2.45) is 0 Å². The molecule has 0 N–H and O–H groups in total. The molecule has 0 aliphatic heterocycles. The van der Waals surface area contributed by atoms with E-state index in [9.17, 15) is 4.79 Å². The quantitative estimate of drug-likeness (QED) is 0.183. The topological polar surface area (TPSA) is 44.1 Å². The highest BCUT2D eigenvalue weighted by atomic mass is 35.5. The predicted octanol–water partition coefficient (Wildman–Crippen LogP) is 6.51. The fourth-order valence-electron chi connectivity index (χ4n) is 3.31. The molecule has 160 valence electrons. The Hall–Kier alpha value is -2.28. The van der Waals surface area contributed by atoms with Crippen LogP contribution in [-0.4, -0.2) is 21.9 Å². The average molecular weight is 471 g/mol. The van der Waals surface area contributed by atoms with Crippen LogP contribution in [-0.2, 0) is 0 Å². The van der Waals surface area contributed by atoms with Crippen molar-refractivity contribution < 1.29 is 4.74 Å². The van der Waals surface area contributed by atoms with E-state index >= 15 is 0 Å². The number of aryl methyl sites for hydroxylation is 4. The first-order chi connectivity index (χ1) is 14.9. The Bertz CT molecular complexity index is 1330. The number of halogens is 1. The Morgan fingerprint density at radius 2 is 1.87 bits per heavy atom. The molecule has 31 heavy (non-hydrogen) atoms. The zero-order chi connectivity index (χ0) is 22.1. The summed E-state index contributed by atoms with van der Waals surface area (Å²) in [6.45, 7) is 8.60. The third-order valence-corrected chi connectivity index (χ3v) is 7.65. The molecule has 4 nitrogen and oxygen atoms in total. The Morgan fingerprint density at radius 1 is 1.10 bits per heavy atom. The van der Waals surface area contributed by atoms with Crippen molar-refractivity contribution in [3.8, 4) is 11.4 Å². The lowest BCUT2D eigenvalue weighted by Crippen LogP contribution is -2.22. The van der Waals surface area contributed by atoms with Crippen LogP contribution in [0.1, 0.15) is 21.6 Å². The summed E-state index contributed by atoms with van der Waals surface area (Å²) in [7, 11) is 0. The number of thiophene rings is 1. The van der Waals surface area contributed by atoms with Gasteiger partial charge in [-0.15, -0.1) is 11.3 Å². The first-order valence-corrected chi connectivity index (χ1v) is 12.2. The number of nitrogens with zero attached hydrogens (tertiary/aromatic N) is 2. The van der Waals surface area contributed by atoms with Crippen molar-refractivity contribution in [2.75, 3.05) is 12.4 Å². The summed E-state index contributed by atoms with van der Waals surface area (Å²) >= 11 is 9.25. The van der Waals surface area contributed by atoms with E-state index in [1.54, 1.807) is 22.0 Å². The number of thioether (sulfide) groups is 1. The van der Waals surface area contributed by atoms with E-state index in [-0.39, 0.29) is 5.56 Å². The zero-order valence-electron chi connectivity index (χ0n) is 17.9. The number of fused-ring (bicyclic) bond motifs is 1. The second kappa shape index (κ2) is 9.07. The lowest BCUT2D eigenvalue weighted by atomic mass is 10.1. The van der Waals surface area contributed by atoms with Crippen molar-refractivity contribution in [3.63, 3.8) is 0 Å². The van der Waals surface area contributed by atoms with Gasteiger partial charge in [-0.3, -0.25) is 9.36 Å². The number of hydrogen-bond acceptors (Lipinski definition) is 5. The van der Waals surface area contributed by atoms with Crippen molar-refractivity contribution in [2.45, 2.75) is 32.9 Å². The number of aromatic nitrogens is 2. The molecule has 2 aromatic heterocycles. The number of rotatable bonds is 6. The fourth-order valence-corrected chi connectivity index (χ4v) is 5.40. The molecule has 4 aromatic rings. The SMILES string of the molecule is Cc1ccc(-n2c(SCCOc3ccccc3Cl)nc3sc(C)c(C)c3c2=O)cc1C. The van der Waals surface area contributed by atoms with E-state index < -0.39 is 0 Å². The summed E-state index contributed by atoms with van der Waals surface area (Å²) in [5.41, 5.74) is 4.15. The van der Waals surface area contributed by atoms with Crippen LogP contribution >= 0.6 is 34.7 Å². The van der Waals surface area contributed by atoms with Crippen LogP contribution in [0.2, 0.25) is 5.02 Å². The normalized spacial score (nSPS) is 11.3. The second-order valence-corrected chi connectivity index (χ2v) is 10.1. The highest BCUT2D eigenvalue weighted by Gasteiger charge is 2.18. The van der Waals surface area contributed by atoms with Gasteiger partial charge in [-0.05, 0) is 68.7 Å². The monoisotopic (exact) mass is 470 g/mol. The molecular weight excluding hydrogens is 448 g/mol. The van der Waals surface area contributed by atoms with Gasteiger partial charge in [0.25, 0.3) is 5.56 Å². The largest absolute Gasteiger partial charge is 0.491 e. The van der Waals surface area contributed by atoms with Gasteiger partial charge in [0.05, 0.1) is 22.7 Å². The molecule has 0 radical (unpaired) electrons. The fraction of sp³-hybridized carbons (Fsp3) is 0.250. The standard InChI is InChI=1S/C24H23ClN2O2S2/c1-14-9-10-18(13-15(14)2)27-23(28)21-16(3)17(4)31-22(21)26-24(27)30-12-11-29-20-8-6-5-7-19(20)25/h5-10,13H,11-12H2,1-4H3. The van der Waals surface area contributed by atoms with Crippen LogP contribution in [0.5, 0.6) is 5.75 Å². The van der Waals surface area contributed by atoms with Crippen LogP contribution in [0.3, 0.4) is 0 Å². The summed E-state index contributed by atoms with van der Waals surface area (Å²) in [6.07, 6.45) is 0. The van der Waals surface area contributed by atoms with E-state index in [0.717, 1.165) is 26.5 Å². The Kier molecular flexibility index (Phi) is 6.42. The minimum atomic E-state index is -0.0235. The minimum absolute atomic E-state index is 0.0235.